The monoisotopic (exact) mass is 196 g/mol. The van der Waals surface area contributed by atoms with Crippen LogP contribution in [0, 0.1) is 12.3 Å². The molecular weight excluding hydrogens is 180 g/mol. The molecule has 0 spiro atoms. The number of hydrogen-bond donors (Lipinski definition) is 2. The van der Waals surface area contributed by atoms with Gasteiger partial charge in [0.1, 0.15) is 6.04 Å². The smallest absolute Gasteiger partial charge is 0.239 e. The largest absolute Gasteiger partial charge is 0.378 e. The van der Waals surface area contributed by atoms with E-state index in [0.29, 0.717) is 26.2 Å². The van der Waals surface area contributed by atoms with Crippen molar-refractivity contribution in [2.24, 2.45) is 0 Å². The maximum Gasteiger partial charge on any atom is 0.239 e. The fraction of sp³-hybridized carbons (Fsp3) is 0.700. The van der Waals surface area contributed by atoms with Crippen LogP contribution in [0.4, 0.5) is 0 Å². The molecule has 4 nitrogen and oxygen atoms in total. The number of carbonyl (C=O) groups excluding carboxylic acids is 1. The highest BCUT2D eigenvalue weighted by molar-refractivity contribution is 5.81. The molecule has 0 aliphatic carbocycles. The molecule has 0 aromatic heterocycles. The summed E-state index contributed by atoms with van der Waals surface area (Å²) in [4.78, 5) is 11.5. The van der Waals surface area contributed by atoms with Crippen molar-refractivity contribution in [2.75, 3.05) is 26.3 Å². The van der Waals surface area contributed by atoms with Crippen molar-refractivity contribution in [3.63, 3.8) is 0 Å². The normalized spacial score (nSPS) is 21.2. The predicted molar refractivity (Wildman–Crippen MR) is 53.7 cm³/mol. The number of hydrogen-bond acceptors (Lipinski definition) is 3. The number of carbonyl (C=O) groups is 1. The first kappa shape index (κ1) is 11.0. The van der Waals surface area contributed by atoms with Crippen LogP contribution in [-0.4, -0.2) is 38.3 Å². The molecule has 1 fully saturated rings. The Balaban J connectivity index is 2.11. The summed E-state index contributed by atoms with van der Waals surface area (Å²) < 4.78 is 5.18. The molecule has 0 radical (unpaired) electrons. The third-order valence-electron chi connectivity index (χ3n) is 2.04. The lowest BCUT2D eigenvalue weighted by Crippen LogP contribution is -2.51. The SMILES string of the molecule is C#CCCCNC(=O)C1COCCN1. The zero-order valence-corrected chi connectivity index (χ0v) is 8.21. The van der Waals surface area contributed by atoms with E-state index in [1.54, 1.807) is 0 Å². The molecule has 2 N–H and O–H groups in total. The first-order valence-corrected chi connectivity index (χ1v) is 4.87. The number of amides is 1. The number of nitrogens with one attached hydrogen (secondary N) is 2. The molecule has 78 valence electrons. The summed E-state index contributed by atoms with van der Waals surface area (Å²) in [5.41, 5.74) is 0. The highest BCUT2D eigenvalue weighted by Gasteiger charge is 2.20. The molecule has 1 amide bonds. The van der Waals surface area contributed by atoms with Crippen molar-refractivity contribution in [1.82, 2.24) is 10.6 Å². The van der Waals surface area contributed by atoms with Crippen LogP contribution in [0.3, 0.4) is 0 Å². The van der Waals surface area contributed by atoms with Crippen LogP contribution in [0.25, 0.3) is 0 Å². The van der Waals surface area contributed by atoms with E-state index in [0.717, 1.165) is 13.0 Å². The number of terminal acetylenes is 1. The highest BCUT2D eigenvalue weighted by atomic mass is 16.5. The second-order valence-corrected chi connectivity index (χ2v) is 3.18. The fourth-order valence-corrected chi connectivity index (χ4v) is 1.26. The van der Waals surface area contributed by atoms with Gasteiger partial charge < -0.3 is 15.4 Å². The summed E-state index contributed by atoms with van der Waals surface area (Å²) in [5.74, 6) is 2.53. The lowest BCUT2D eigenvalue weighted by atomic mass is 10.2. The lowest BCUT2D eigenvalue weighted by molar-refractivity contribution is -0.125. The molecule has 0 aromatic rings. The van der Waals surface area contributed by atoms with Crippen LogP contribution in [0.15, 0.2) is 0 Å². The molecule has 1 atom stereocenters. The molecule has 0 aromatic carbocycles. The van der Waals surface area contributed by atoms with Crippen LogP contribution in [0.5, 0.6) is 0 Å². The summed E-state index contributed by atoms with van der Waals surface area (Å²) in [5, 5.41) is 5.89. The Hall–Kier alpha value is -1.05. The van der Waals surface area contributed by atoms with Crippen molar-refractivity contribution in [1.29, 1.82) is 0 Å². The second kappa shape index (κ2) is 6.41. The standard InChI is InChI=1S/C10H16N2O2/c1-2-3-4-5-12-10(13)9-8-14-7-6-11-9/h1,9,11H,3-8H2,(H,12,13). The second-order valence-electron chi connectivity index (χ2n) is 3.18. The van der Waals surface area contributed by atoms with E-state index >= 15 is 0 Å². The molecule has 4 heteroatoms. The van der Waals surface area contributed by atoms with Gasteiger partial charge in [-0.2, -0.15) is 0 Å². The van der Waals surface area contributed by atoms with Crippen molar-refractivity contribution in [3.8, 4) is 12.3 Å². The summed E-state index contributed by atoms with van der Waals surface area (Å²) in [6.45, 7) is 2.52. The first-order valence-electron chi connectivity index (χ1n) is 4.87. The average molecular weight is 196 g/mol. The average Bonchev–Trinajstić information content (AvgIpc) is 2.25. The number of ether oxygens (including phenoxy) is 1. The molecule has 0 bridgehead atoms. The van der Waals surface area contributed by atoms with Gasteiger partial charge in [-0.3, -0.25) is 4.79 Å². The zero-order valence-electron chi connectivity index (χ0n) is 8.21. The lowest BCUT2D eigenvalue weighted by Gasteiger charge is -2.22. The van der Waals surface area contributed by atoms with E-state index in [-0.39, 0.29) is 11.9 Å². The van der Waals surface area contributed by atoms with E-state index in [1.807, 2.05) is 0 Å². The first-order chi connectivity index (χ1) is 6.84. The van der Waals surface area contributed by atoms with Gasteiger partial charge in [-0.15, -0.1) is 12.3 Å². The van der Waals surface area contributed by atoms with E-state index in [4.69, 9.17) is 11.2 Å². The zero-order chi connectivity index (χ0) is 10.2. The van der Waals surface area contributed by atoms with Crippen LogP contribution in [0.2, 0.25) is 0 Å². The van der Waals surface area contributed by atoms with Gasteiger partial charge in [-0.1, -0.05) is 0 Å². The maximum atomic E-state index is 11.5. The third-order valence-corrected chi connectivity index (χ3v) is 2.04. The quantitative estimate of drug-likeness (QED) is 0.471. The Morgan fingerprint density at radius 1 is 1.71 bits per heavy atom. The minimum atomic E-state index is -0.199. The van der Waals surface area contributed by atoms with Gasteiger partial charge in [-0.05, 0) is 6.42 Å². The Labute approximate surface area is 84.4 Å². The Bertz CT molecular complexity index is 217. The van der Waals surface area contributed by atoms with E-state index < -0.39 is 0 Å². The topological polar surface area (TPSA) is 50.4 Å². The predicted octanol–water partition coefficient (Wildman–Crippen LogP) is -0.496. The van der Waals surface area contributed by atoms with Gasteiger partial charge in [0.25, 0.3) is 0 Å². The molecule has 1 aliphatic rings. The molecule has 1 heterocycles. The Morgan fingerprint density at radius 3 is 3.21 bits per heavy atom. The molecule has 1 rings (SSSR count). The van der Waals surface area contributed by atoms with Gasteiger partial charge >= 0.3 is 0 Å². The number of morpholine rings is 1. The summed E-state index contributed by atoms with van der Waals surface area (Å²) in [6, 6.07) is -0.199. The Morgan fingerprint density at radius 2 is 2.57 bits per heavy atom. The molecule has 1 aliphatic heterocycles. The van der Waals surface area contributed by atoms with E-state index in [9.17, 15) is 4.79 Å². The number of rotatable bonds is 4. The van der Waals surface area contributed by atoms with Crippen molar-refractivity contribution in [3.05, 3.63) is 0 Å². The molecule has 0 saturated carbocycles. The van der Waals surface area contributed by atoms with Gasteiger partial charge in [0.15, 0.2) is 0 Å². The number of unbranched alkanes of at least 4 members (excludes halogenated alkanes) is 1. The van der Waals surface area contributed by atoms with Crippen LogP contribution in [0.1, 0.15) is 12.8 Å². The third kappa shape index (κ3) is 3.77. The highest BCUT2D eigenvalue weighted by Crippen LogP contribution is 1.93. The van der Waals surface area contributed by atoms with Gasteiger partial charge in [-0.25, -0.2) is 0 Å². The van der Waals surface area contributed by atoms with Crippen molar-refractivity contribution >= 4 is 5.91 Å². The van der Waals surface area contributed by atoms with Crippen LogP contribution < -0.4 is 10.6 Å². The van der Waals surface area contributed by atoms with Crippen molar-refractivity contribution in [2.45, 2.75) is 18.9 Å². The summed E-state index contributed by atoms with van der Waals surface area (Å²) >= 11 is 0. The Kier molecular flexibility index (Phi) is 5.05. The van der Waals surface area contributed by atoms with Gasteiger partial charge in [0.05, 0.1) is 13.2 Å². The summed E-state index contributed by atoms with van der Waals surface area (Å²) in [6.07, 6.45) is 6.63. The van der Waals surface area contributed by atoms with E-state index in [2.05, 4.69) is 16.6 Å². The van der Waals surface area contributed by atoms with Gasteiger partial charge in [0.2, 0.25) is 5.91 Å². The van der Waals surface area contributed by atoms with E-state index in [1.165, 1.54) is 0 Å². The molecular formula is C10H16N2O2. The fourth-order valence-electron chi connectivity index (χ4n) is 1.26. The van der Waals surface area contributed by atoms with Crippen molar-refractivity contribution < 1.29 is 9.53 Å². The summed E-state index contributed by atoms with van der Waals surface area (Å²) in [7, 11) is 0. The van der Waals surface area contributed by atoms with Crippen LogP contribution in [-0.2, 0) is 9.53 Å². The van der Waals surface area contributed by atoms with Crippen LogP contribution >= 0.6 is 0 Å². The minimum Gasteiger partial charge on any atom is -0.378 e. The molecule has 1 saturated heterocycles. The van der Waals surface area contributed by atoms with Gasteiger partial charge in [0, 0.05) is 19.5 Å². The molecule has 1 unspecified atom stereocenters. The maximum absolute atomic E-state index is 11.5. The molecule has 14 heavy (non-hydrogen) atoms. The minimum absolute atomic E-state index is 0.00159.